The molecule has 0 aliphatic rings. The summed E-state index contributed by atoms with van der Waals surface area (Å²) < 4.78 is 0. The van der Waals surface area contributed by atoms with Crippen LogP contribution in [0.4, 0.5) is 22.7 Å². The summed E-state index contributed by atoms with van der Waals surface area (Å²) >= 11 is 5.87. The number of anilines is 4. The molecule has 5 nitrogen and oxygen atoms in total. The van der Waals surface area contributed by atoms with Gasteiger partial charge in [-0.15, -0.1) is 0 Å². The molecule has 0 fully saturated rings. The van der Waals surface area contributed by atoms with Crippen molar-refractivity contribution in [2.24, 2.45) is 0 Å². The van der Waals surface area contributed by atoms with Crippen LogP contribution in [0.2, 0.25) is 5.02 Å². The zero-order valence-electron chi connectivity index (χ0n) is 41.6. The van der Waals surface area contributed by atoms with E-state index in [1.807, 2.05) is 79.1 Å². The molecular weight excluding hydrogens is 838 g/mol. The molecule has 0 bridgehead atoms. The van der Waals surface area contributed by atoms with E-state index in [9.17, 15) is 0 Å². The summed E-state index contributed by atoms with van der Waals surface area (Å²) in [5.41, 5.74) is 21.8. The second-order valence-corrected chi connectivity index (χ2v) is 21.6. The molecule has 0 saturated carbocycles. The van der Waals surface area contributed by atoms with Gasteiger partial charge in [-0.1, -0.05) is 161 Å². The van der Waals surface area contributed by atoms with Gasteiger partial charge in [0.25, 0.3) is 0 Å². The largest absolute Gasteiger partial charge is 0.399 e. The van der Waals surface area contributed by atoms with Crippen molar-refractivity contribution in [3.63, 3.8) is 0 Å². The number of nitrogens with two attached hydrogens (primary N) is 1. The average Bonchev–Trinajstić information content (AvgIpc) is 3.29. The molecule has 3 heterocycles. The zero-order valence-corrected chi connectivity index (χ0v) is 42.3. The molecule has 344 valence electrons. The highest BCUT2D eigenvalue weighted by Crippen LogP contribution is 2.42. The molecule has 67 heavy (non-hydrogen) atoms. The predicted molar refractivity (Wildman–Crippen MR) is 288 cm³/mol. The monoisotopic (exact) mass is 906 g/mol. The van der Waals surface area contributed by atoms with Crippen LogP contribution in [0.25, 0.3) is 33.8 Å². The minimum Gasteiger partial charge on any atom is -0.399 e. The molecule has 0 aliphatic carbocycles. The van der Waals surface area contributed by atoms with Crippen molar-refractivity contribution in [2.75, 3.05) is 10.6 Å². The van der Waals surface area contributed by atoms with E-state index in [2.05, 4.69) is 200 Å². The molecule has 8 aromatic rings. The lowest BCUT2D eigenvalue weighted by molar-refractivity contribution is 0.568. The van der Waals surface area contributed by atoms with Crippen molar-refractivity contribution in [3.8, 4) is 33.8 Å². The first kappa shape index (κ1) is 49.9. The first-order valence-corrected chi connectivity index (χ1v) is 23.5. The number of nitrogens with zero attached hydrogens (tertiary/aromatic N) is 4. The summed E-state index contributed by atoms with van der Waals surface area (Å²) in [6.07, 6.45) is 5.47. The zero-order chi connectivity index (χ0) is 48.6. The first-order chi connectivity index (χ1) is 31.6. The molecular formula is C61H68ClN5. The quantitative estimate of drug-likeness (QED) is 0.168. The maximum Gasteiger partial charge on any atom is 0.0702 e. The maximum absolute atomic E-state index is 5.95. The van der Waals surface area contributed by atoms with Crippen molar-refractivity contribution >= 4 is 34.4 Å². The van der Waals surface area contributed by atoms with Crippen molar-refractivity contribution < 1.29 is 0 Å². The molecule has 0 unspecified atom stereocenters. The normalized spacial score (nSPS) is 11.7. The van der Waals surface area contributed by atoms with Gasteiger partial charge < -0.3 is 10.6 Å². The molecule has 0 saturated heterocycles. The van der Waals surface area contributed by atoms with Gasteiger partial charge in [-0.2, -0.15) is 0 Å². The second-order valence-electron chi connectivity index (χ2n) is 21.2. The fourth-order valence-corrected chi connectivity index (χ4v) is 7.62. The molecule has 8 rings (SSSR count). The Labute approximate surface area is 406 Å². The Morgan fingerprint density at radius 2 is 0.701 bits per heavy atom. The van der Waals surface area contributed by atoms with E-state index in [-0.39, 0.29) is 21.7 Å². The van der Waals surface area contributed by atoms with Crippen molar-refractivity contribution in [3.05, 3.63) is 210 Å². The van der Waals surface area contributed by atoms with Gasteiger partial charge in [0.05, 0.1) is 17.1 Å². The number of pyridine rings is 3. The summed E-state index contributed by atoms with van der Waals surface area (Å²) in [7, 11) is 0. The van der Waals surface area contributed by atoms with Gasteiger partial charge >= 0.3 is 0 Å². The Hall–Kier alpha value is -6.56. The van der Waals surface area contributed by atoms with E-state index in [4.69, 9.17) is 17.3 Å². The minimum absolute atomic E-state index is 0.00724. The summed E-state index contributed by atoms with van der Waals surface area (Å²) in [6.45, 7) is 27.0. The van der Waals surface area contributed by atoms with Crippen LogP contribution in [0.15, 0.2) is 182 Å². The molecule has 3 aromatic heterocycles. The second kappa shape index (κ2) is 20.9. The predicted octanol–water partition coefficient (Wildman–Crippen LogP) is 17.1. The van der Waals surface area contributed by atoms with Crippen LogP contribution < -0.4 is 10.6 Å². The van der Waals surface area contributed by atoms with Crippen LogP contribution in [0.5, 0.6) is 0 Å². The Kier molecular flexibility index (Phi) is 15.6. The van der Waals surface area contributed by atoms with Gasteiger partial charge in [0.15, 0.2) is 0 Å². The fourth-order valence-electron chi connectivity index (χ4n) is 7.43. The Balaban J connectivity index is 0.000000214. The van der Waals surface area contributed by atoms with E-state index in [1.54, 1.807) is 6.20 Å². The van der Waals surface area contributed by atoms with Crippen LogP contribution in [0.1, 0.15) is 105 Å². The molecule has 2 N–H and O–H groups in total. The first-order valence-electron chi connectivity index (χ1n) is 23.1. The Morgan fingerprint density at radius 3 is 1.03 bits per heavy atom. The van der Waals surface area contributed by atoms with Crippen LogP contribution in [-0.2, 0) is 21.7 Å². The van der Waals surface area contributed by atoms with Gasteiger partial charge in [-0.3, -0.25) is 15.0 Å². The molecule has 0 radical (unpaired) electrons. The molecule has 0 atom stereocenters. The van der Waals surface area contributed by atoms with E-state index in [1.165, 1.54) is 22.3 Å². The number of aromatic nitrogens is 3. The molecule has 5 aromatic carbocycles. The summed E-state index contributed by atoms with van der Waals surface area (Å²) in [5.74, 6) is 0. The van der Waals surface area contributed by atoms with Gasteiger partial charge in [-0.05, 0) is 141 Å². The number of halogens is 1. The Bertz CT molecular complexity index is 2700. The van der Waals surface area contributed by atoms with Crippen LogP contribution in [0, 0.1) is 0 Å². The molecule has 0 aliphatic heterocycles. The molecule has 0 spiro atoms. The number of hydrogen-bond donors (Lipinski definition) is 1. The standard InChI is InChI=1S/C36H37N3.C14H23N.C11H8ClN/c1-35(2,3)28-23-29(36(4,5)6)25-32(24-28)39(30-15-11-13-26(21-30)33-17-7-9-19-37-33)31-16-12-14-27(22-31)34-18-8-10-20-38-34;1-13(2,3)10-7-11(14(4,5)6)9-12(15)8-10;12-10-5-3-4-9(8-10)11-6-1-2-7-13-11/h7-25H,1-6H3;7-9H,15H2,1-6H3;1-8H. The van der Waals surface area contributed by atoms with E-state index in [0.29, 0.717) is 0 Å². The fraction of sp³-hybridized carbons (Fsp3) is 0.262. The lowest BCUT2D eigenvalue weighted by atomic mass is 9.80. The smallest absolute Gasteiger partial charge is 0.0702 e. The molecule has 6 heteroatoms. The highest BCUT2D eigenvalue weighted by Gasteiger charge is 2.24. The number of rotatable bonds is 6. The van der Waals surface area contributed by atoms with Gasteiger partial charge in [-0.25, -0.2) is 0 Å². The van der Waals surface area contributed by atoms with Crippen molar-refractivity contribution in [1.82, 2.24) is 15.0 Å². The number of benzene rings is 5. The maximum atomic E-state index is 5.95. The number of nitrogen functional groups attached to an aromatic ring is 1. The third-order valence-corrected chi connectivity index (χ3v) is 11.7. The van der Waals surface area contributed by atoms with Gasteiger partial charge in [0.2, 0.25) is 0 Å². The summed E-state index contributed by atoms with van der Waals surface area (Å²) in [5, 5.41) is 0.739. The van der Waals surface area contributed by atoms with Crippen LogP contribution in [-0.4, -0.2) is 15.0 Å². The SMILES string of the molecule is CC(C)(C)c1cc(N(c2cccc(-c3ccccn3)c2)c2cccc(-c3ccccn3)c2)cc(C(C)(C)C)c1.CC(C)(C)c1cc(N)cc(C(C)(C)C)c1.Clc1cccc(-c2ccccn2)c1. The number of hydrogen-bond acceptors (Lipinski definition) is 5. The lowest BCUT2D eigenvalue weighted by Gasteiger charge is -2.31. The van der Waals surface area contributed by atoms with E-state index in [0.717, 1.165) is 61.5 Å². The third-order valence-electron chi connectivity index (χ3n) is 11.5. The van der Waals surface area contributed by atoms with Crippen LogP contribution >= 0.6 is 11.6 Å². The lowest BCUT2D eigenvalue weighted by Crippen LogP contribution is -2.19. The summed E-state index contributed by atoms with van der Waals surface area (Å²) in [4.78, 5) is 15.8. The van der Waals surface area contributed by atoms with Crippen molar-refractivity contribution in [1.29, 1.82) is 0 Å². The van der Waals surface area contributed by atoms with Gasteiger partial charge in [0.1, 0.15) is 0 Å². The highest BCUT2D eigenvalue weighted by molar-refractivity contribution is 6.30. The Morgan fingerprint density at radius 1 is 0.358 bits per heavy atom. The third kappa shape index (κ3) is 13.7. The topological polar surface area (TPSA) is 67.9 Å². The minimum atomic E-state index is 0.00724. The highest BCUT2D eigenvalue weighted by atomic mass is 35.5. The van der Waals surface area contributed by atoms with Crippen molar-refractivity contribution in [2.45, 2.75) is 105 Å². The molecule has 0 amide bonds. The van der Waals surface area contributed by atoms with Crippen LogP contribution in [0.3, 0.4) is 0 Å². The average molecular weight is 907 g/mol. The van der Waals surface area contributed by atoms with Gasteiger partial charge in [0, 0.05) is 63.1 Å². The summed E-state index contributed by atoms with van der Waals surface area (Å²) in [6, 6.07) is 56.4. The van der Waals surface area contributed by atoms with E-state index < -0.39 is 0 Å². The van der Waals surface area contributed by atoms with E-state index >= 15 is 0 Å².